The summed E-state index contributed by atoms with van der Waals surface area (Å²) in [5, 5.41) is 0. The summed E-state index contributed by atoms with van der Waals surface area (Å²) in [6, 6.07) is 18.0. The van der Waals surface area contributed by atoms with Crippen molar-refractivity contribution in [2.45, 2.75) is 16.9 Å². The van der Waals surface area contributed by atoms with Crippen molar-refractivity contribution < 1.29 is 4.79 Å². The van der Waals surface area contributed by atoms with E-state index in [1.807, 2.05) is 53.6 Å². The molecule has 0 saturated carbocycles. The largest absolute Gasteiger partial charge is 0.336 e. The molecule has 122 valence electrons. The fraction of sp³-hybridized carbons (Fsp3) is 0.278. The van der Waals surface area contributed by atoms with Gasteiger partial charge >= 0.3 is 0 Å². The Hall–Kier alpha value is -1.49. The minimum absolute atomic E-state index is 0. The summed E-state index contributed by atoms with van der Waals surface area (Å²) in [5.41, 5.74) is 8.21. The highest BCUT2D eigenvalue weighted by Gasteiger charge is 2.34. The molecule has 2 aromatic carbocycles. The number of likely N-dealkylation sites (tertiary alicyclic amines) is 1. The Morgan fingerprint density at radius 2 is 1.74 bits per heavy atom. The lowest BCUT2D eigenvalue weighted by Gasteiger charge is -2.16. The number of thioether (sulfide) groups is 1. The van der Waals surface area contributed by atoms with Gasteiger partial charge in [0.1, 0.15) is 0 Å². The van der Waals surface area contributed by atoms with Crippen LogP contribution in [0.1, 0.15) is 21.8 Å². The second kappa shape index (κ2) is 7.86. The van der Waals surface area contributed by atoms with Crippen molar-refractivity contribution in [3.8, 4) is 0 Å². The van der Waals surface area contributed by atoms with Crippen molar-refractivity contribution in [2.75, 3.05) is 19.3 Å². The van der Waals surface area contributed by atoms with E-state index in [1.165, 1.54) is 5.56 Å². The number of carbonyl (C=O) groups excluding carboxylic acids is 1. The number of carbonyl (C=O) groups is 1. The lowest BCUT2D eigenvalue weighted by atomic mass is 9.95. The number of nitrogens with zero attached hydrogens (tertiary/aromatic N) is 1. The van der Waals surface area contributed by atoms with E-state index in [1.54, 1.807) is 11.8 Å². The molecular weight excluding hydrogens is 328 g/mol. The number of benzene rings is 2. The highest BCUT2D eigenvalue weighted by atomic mass is 35.5. The van der Waals surface area contributed by atoms with Crippen molar-refractivity contribution in [1.82, 2.24) is 4.90 Å². The molecule has 0 radical (unpaired) electrons. The van der Waals surface area contributed by atoms with Crippen molar-refractivity contribution >= 4 is 30.1 Å². The van der Waals surface area contributed by atoms with E-state index in [0.29, 0.717) is 13.1 Å². The summed E-state index contributed by atoms with van der Waals surface area (Å²) in [7, 11) is 0. The molecule has 1 aliphatic heterocycles. The standard InChI is InChI=1S/C18H20N2OS.ClH/c1-22-15-9-7-14(8-10-15)18(21)20-11-16(17(19)12-20)13-5-3-2-4-6-13;/h2-10,16-17H,11-12,19H2,1H3;1H/t16-,17+;/m0./s1. The number of hydrogen-bond acceptors (Lipinski definition) is 3. The minimum atomic E-state index is -0.00294. The van der Waals surface area contributed by atoms with E-state index < -0.39 is 0 Å². The molecule has 0 spiro atoms. The normalized spacial score (nSPS) is 20.2. The molecule has 1 aliphatic rings. The van der Waals surface area contributed by atoms with Crippen LogP contribution >= 0.6 is 24.2 Å². The average molecular weight is 349 g/mol. The Morgan fingerprint density at radius 1 is 1.09 bits per heavy atom. The van der Waals surface area contributed by atoms with Gasteiger partial charge < -0.3 is 10.6 Å². The number of halogens is 1. The number of rotatable bonds is 3. The summed E-state index contributed by atoms with van der Waals surface area (Å²) in [6.07, 6.45) is 2.03. The van der Waals surface area contributed by atoms with Gasteiger partial charge in [-0.2, -0.15) is 0 Å². The minimum Gasteiger partial charge on any atom is -0.336 e. The molecular formula is C18H21ClN2OS. The van der Waals surface area contributed by atoms with Gasteiger partial charge in [0.25, 0.3) is 5.91 Å². The third-order valence-electron chi connectivity index (χ3n) is 4.22. The lowest BCUT2D eigenvalue weighted by Crippen LogP contribution is -2.32. The summed E-state index contributed by atoms with van der Waals surface area (Å²) in [4.78, 5) is 15.7. The molecule has 0 unspecified atom stereocenters. The first-order chi connectivity index (χ1) is 10.7. The Balaban J connectivity index is 0.00000192. The predicted molar refractivity (Wildman–Crippen MR) is 98.5 cm³/mol. The molecule has 5 heteroatoms. The molecule has 1 fully saturated rings. The van der Waals surface area contributed by atoms with Crippen LogP contribution in [0.4, 0.5) is 0 Å². The molecule has 2 atom stereocenters. The summed E-state index contributed by atoms with van der Waals surface area (Å²) in [5.74, 6) is 0.289. The maximum Gasteiger partial charge on any atom is 0.253 e. The first kappa shape index (κ1) is 17.9. The molecule has 0 aliphatic carbocycles. The third kappa shape index (κ3) is 3.89. The van der Waals surface area contributed by atoms with Gasteiger partial charge in [0.2, 0.25) is 0 Å². The molecule has 1 heterocycles. The molecule has 0 aromatic heterocycles. The highest BCUT2D eigenvalue weighted by Crippen LogP contribution is 2.27. The number of amides is 1. The van der Waals surface area contributed by atoms with E-state index in [9.17, 15) is 4.79 Å². The van der Waals surface area contributed by atoms with Crippen LogP contribution in [0.5, 0.6) is 0 Å². The van der Waals surface area contributed by atoms with Gasteiger partial charge in [0, 0.05) is 35.5 Å². The molecule has 1 saturated heterocycles. The van der Waals surface area contributed by atoms with Gasteiger partial charge in [-0.05, 0) is 36.1 Å². The fourth-order valence-electron chi connectivity index (χ4n) is 2.96. The second-order valence-corrected chi connectivity index (χ2v) is 6.50. The Morgan fingerprint density at radius 3 is 2.35 bits per heavy atom. The van der Waals surface area contributed by atoms with E-state index in [2.05, 4.69) is 12.1 Å². The SMILES string of the molecule is CSc1ccc(C(=O)N2C[C@@H](N)[C@H](c3ccccc3)C2)cc1.Cl. The van der Waals surface area contributed by atoms with E-state index >= 15 is 0 Å². The zero-order chi connectivity index (χ0) is 15.5. The molecule has 3 nitrogen and oxygen atoms in total. The van der Waals surface area contributed by atoms with Crippen LogP contribution in [0.25, 0.3) is 0 Å². The van der Waals surface area contributed by atoms with Gasteiger partial charge in [-0.25, -0.2) is 0 Å². The van der Waals surface area contributed by atoms with Crippen LogP contribution in [0.3, 0.4) is 0 Å². The summed E-state index contributed by atoms with van der Waals surface area (Å²) < 4.78 is 0. The monoisotopic (exact) mass is 348 g/mol. The Kier molecular flexibility index (Phi) is 6.10. The molecule has 3 rings (SSSR count). The van der Waals surface area contributed by atoms with Crippen LogP contribution in [0, 0.1) is 0 Å². The van der Waals surface area contributed by atoms with Gasteiger partial charge in [-0.15, -0.1) is 24.2 Å². The number of nitrogens with two attached hydrogens (primary N) is 1. The third-order valence-corrected chi connectivity index (χ3v) is 4.96. The van der Waals surface area contributed by atoms with Crippen LogP contribution in [-0.4, -0.2) is 36.2 Å². The van der Waals surface area contributed by atoms with Gasteiger partial charge in [-0.1, -0.05) is 30.3 Å². The van der Waals surface area contributed by atoms with Crippen LogP contribution < -0.4 is 5.73 Å². The topological polar surface area (TPSA) is 46.3 Å². The molecule has 1 amide bonds. The quantitative estimate of drug-likeness (QED) is 0.865. The van der Waals surface area contributed by atoms with Crippen molar-refractivity contribution in [2.24, 2.45) is 5.73 Å². The second-order valence-electron chi connectivity index (χ2n) is 5.62. The number of hydrogen-bond donors (Lipinski definition) is 1. The summed E-state index contributed by atoms with van der Waals surface area (Å²) in [6.45, 7) is 1.30. The van der Waals surface area contributed by atoms with Gasteiger partial charge in [0.15, 0.2) is 0 Å². The zero-order valence-corrected chi connectivity index (χ0v) is 14.6. The Labute approximate surface area is 147 Å². The van der Waals surface area contributed by atoms with E-state index in [4.69, 9.17) is 5.73 Å². The maximum atomic E-state index is 12.6. The molecule has 23 heavy (non-hydrogen) atoms. The van der Waals surface area contributed by atoms with Gasteiger partial charge in [-0.3, -0.25) is 4.79 Å². The molecule has 2 N–H and O–H groups in total. The highest BCUT2D eigenvalue weighted by molar-refractivity contribution is 7.98. The first-order valence-electron chi connectivity index (χ1n) is 7.43. The fourth-order valence-corrected chi connectivity index (χ4v) is 3.37. The van der Waals surface area contributed by atoms with Crippen LogP contribution in [0.15, 0.2) is 59.5 Å². The van der Waals surface area contributed by atoms with E-state index in [0.717, 1.165) is 10.5 Å². The summed E-state index contributed by atoms with van der Waals surface area (Å²) >= 11 is 1.67. The lowest BCUT2D eigenvalue weighted by molar-refractivity contribution is 0.0789. The molecule has 2 aromatic rings. The van der Waals surface area contributed by atoms with Crippen molar-refractivity contribution in [3.63, 3.8) is 0 Å². The zero-order valence-electron chi connectivity index (χ0n) is 13.0. The van der Waals surface area contributed by atoms with Gasteiger partial charge in [0.05, 0.1) is 0 Å². The van der Waals surface area contributed by atoms with Crippen molar-refractivity contribution in [3.05, 3.63) is 65.7 Å². The van der Waals surface area contributed by atoms with Crippen molar-refractivity contribution in [1.29, 1.82) is 0 Å². The molecule has 0 bridgehead atoms. The van der Waals surface area contributed by atoms with Crippen LogP contribution in [-0.2, 0) is 0 Å². The smallest absolute Gasteiger partial charge is 0.253 e. The van der Waals surface area contributed by atoms with E-state index in [-0.39, 0.29) is 30.3 Å². The van der Waals surface area contributed by atoms with Crippen LogP contribution in [0.2, 0.25) is 0 Å². The maximum absolute atomic E-state index is 12.6. The average Bonchev–Trinajstić information content (AvgIpc) is 2.97. The first-order valence-corrected chi connectivity index (χ1v) is 8.65. The Bertz CT molecular complexity index is 648. The predicted octanol–water partition coefficient (Wildman–Crippen LogP) is 3.40.